The van der Waals surface area contributed by atoms with E-state index in [4.69, 9.17) is 4.74 Å². The highest BCUT2D eigenvalue weighted by atomic mass is 16.5. The molecule has 82 valence electrons. The number of methoxy groups -OCH3 is 1. The molecule has 2 rings (SSSR count). The Balaban J connectivity index is 2.01. The molecule has 0 aromatic carbocycles. The van der Waals surface area contributed by atoms with Gasteiger partial charge in [-0.05, 0) is 12.8 Å². The molecule has 1 N–H and O–H groups in total. The van der Waals surface area contributed by atoms with Crippen LogP contribution in [0.5, 0.6) is 0 Å². The van der Waals surface area contributed by atoms with Crippen LogP contribution in [0.1, 0.15) is 23.3 Å². The zero-order valence-electron chi connectivity index (χ0n) is 8.64. The summed E-state index contributed by atoms with van der Waals surface area (Å²) in [6.07, 6.45) is 3.60. The van der Waals surface area contributed by atoms with Crippen molar-refractivity contribution in [2.24, 2.45) is 0 Å². The lowest BCUT2D eigenvalue weighted by Crippen LogP contribution is -2.36. The number of aromatic amines is 1. The van der Waals surface area contributed by atoms with Gasteiger partial charge >= 0.3 is 0 Å². The van der Waals surface area contributed by atoms with Crippen LogP contribution in [0.25, 0.3) is 0 Å². The lowest BCUT2D eigenvalue weighted by Gasteiger charge is -2.20. The molecule has 0 radical (unpaired) electrons. The maximum Gasteiger partial charge on any atom is 0.276 e. The van der Waals surface area contributed by atoms with Gasteiger partial charge in [-0.15, -0.1) is 0 Å². The van der Waals surface area contributed by atoms with Crippen molar-refractivity contribution in [2.75, 3.05) is 20.3 Å². The van der Waals surface area contributed by atoms with Crippen molar-refractivity contribution in [3.05, 3.63) is 11.9 Å². The Morgan fingerprint density at radius 3 is 3.07 bits per heavy atom. The monoisotopic (exact) mass is 210 g/mol. The summed E-state index contributed by atoms with van der Waals surface area (Å²) in [6, 6.07) is 0.365. The van der Waals surface area contributed by atoms with E-state index in [9.17, 15) is 4.79 Å². The maximum absolute atomic E-state index is 11.9. The number of rotatable bonds is 5. The van der Waals surface area contributed by atoms with Crippen LogP contribution in [0.3, 0.4) is 0 Å². The number of amides is 1. The van der Waals surface area contributed by atoms with E-state index in [2.05, 4.69) is 15.4 Å². The first-order valence-corrected chi connectivity index (χ1v) is 4.98. The van der Waals surface area contributed by atoms with Gasteiger partial charge in [0.15, 0.2) is 5.69 Å². The molecule has 0 spiro atoms. The number of carbonyl (C=O) groups is 1. The first kappa shape index (κ1) is 10.1. The zero-order valence-corrected chi connectivity index (χ0v) is 8.64. The van der Waals surface area contributed by atoms with E-state index in [0.717, 1.165) is 12.8 Å². The van der Waals surface area contributed by atoms with Gasteiger partial charge in [0.1, 0.15) is 0 Å². The van der Waals surface area contributed by atoms with E-state index in [1.54, 1.807) is 12.0 Å². The second-order valence-corrected chi connectivity index (χ2v) is 3.58. The van der Waals surface area contributed by atoms with Crippen LogP contribution >= 0.6 is 0 Å². The molecule has 1 heterocycles. The van der Waals surface area contributed by atoms with Crippen LogP contribution in [0.2, 0.25) is 0 Å². The highest BCUT2D eigenvalue weighted by molar-refractivity contribution is 5.92. The number of H-pyrrole nitrogens is 1. The SMILES string of the molecule is COCCN(C(=O)c1cn[nH]n1)C1CC1. The van der Waals surface area contributed by atoms with E-state index < -0.39 is 0 Å². The molecule has 1 aliphatic carbocycles. The minimum Gasteiger partial charge on any atom is -0.383 e. The summed E-state index contributed by atoms with van der Waals surface area (Å²) >= 11 is 0. The average molecular weight is 210 g/mol. The maximum atomic E-state index is 11.9. The molecule has 1 aromatic rings. The Morgan fingerprint density at radius 2 is 2.53 bits per heavy atom. The molecule has 1 fully saturated rings. The summed E-state index contributed by atoms with van der Waals surface area (Å²) in [5.74, 6) is -0.0664. The van der Waals surface area contributed by atoms with Gasteiger partial charge in [0, 0.05) is 19.7 Å². The molecular weight excluding hydrogens is 196 g/mol. The molecule has 1 amide bonds. The lowest BCUT2D eigenvalue weighted by molar-refractivity contribution is 0.0674. The molecule has 0 saturated heterocycles. The number of aromatic nitrogens is 3. The van der Waals surface area contributed by atoms with Gasteiger partial charge in [-0.3, -0.25) is 4.79 Å². The molecule has 1 aliphatic rings. The molecular formula is C9H14N4O2. The van der Waals surface area contributed by atoms with Gasteiger partial charge in [0.05, 0.1) is 12.8 Å². The van der Waals surface area contributed by atoms with E-state index in [0.29, 0.717) is 24.9 Å². The fourth-order valence-electron chi connectivity index (χ4n) is 1.48. The van der Waals surface area contributed by atoms with Crippen LogP contribution < -0.4 is 0 Å². The van der Waals surface area contributed by atoms with E-state index >= 15 is 0 Å². The largest absolute Gasteiger partial charge is 0.383 e. The third kappa shape index (κ3) is 2.33. The predicted octanol–water partition coefficient (Wildman–Crippen LogP) is 0.0557. The minimum atomic E-state index is -0.0664. The Morgan fingerprint density at radius 1 is 1.73 bits per heavy atom. The second-order valence-electron chi connectivity index (χ2n) is 3.58. The zero-order chi connectivity index (χ0) is 10.7. The summed E-state index contributed by atoms with van der Waals surface area (Å²) in [6.45, 7) is 1.17. The lowest BCUT2D eigenvalue weighted by atomic mass is 10.3. The Kier molecular flexibility index (Phi) is 2.96. The van der Waals surface area contributed by atoms with Gasteiger partial charge in [0.25, 0.3) is 5.91 Å². The topological polar surface area (TPSA) is 71.1 Å². The van der Waals surface area contributed by atoms with Gasteiger partial charge < -0.3 is 9.64 Å². The van der Waals surface area contributed by atoms with Crippen LogP contribution in [-0.2, 0) is 4.74 Å². The molecule has 0 aliphatic heterocycles. The van der Waals surface area contributed by atoms with Crippen LogP contribution in [0.4, 0.5) is 0 Å². The highest BCUT2D eigenvalue weighted by Crippen LogP contribution is 2.27. The second kappa shape index (κ2) is 4.39. The van der Waals surface area contributed by atoms with Crippen molar-refractivity contribution in [2.45, 2.75) is 18.9 Å². The molecule has 6 nitrogen and oxygen atoms in total. The summed E-state index contributed by atoms with van der Waals surface area (Å²) in [4.78, 5) is 13.7. The number of hydrogen-bond donors (Lipinski definition) is 1. The quantitative estimate of drug-likeness (QED) is 0.745. The standard InChI is InChI=1S/C9H14N4O2/c1-15-5-4-13(7-2-3-7)9(14)8-6-10-12-11-8/h6-7H,2-5H2,1H3,(H,10,11,12). The van der Waals surface area contributed by atoms with Crippen LogP contribution in [-0.4, -0.2) is 52.5 Å². The van der Waals surface area contributed by atoms with Gasteiger partial charge in [-0.25, -0.2) is 0 Å². The normalized spacial score (nSPS) is 15.3. The smallest absolute Gasteiger partial charge is 0.276 e. The summed E-state index contributed by atoms with van der Waals surface area (Å²) in [5, 5.41) is 9.86. The molecule has 6 heteroatoms. The Labute approximate surface area is 87.6 Å². The van der Waals surface area contributed by atoms with Gasteiger partial charge in [-0.1, -0.05) is 0 Å². The Bertz CT molecular complexity index is 321. The van der Waals surface area contributed by atoms with Crippen molar-refractivity contribution < 1.29 is 9.53 Å². The molecule has 0 bridgehead atoms. The van der Waals surface area contributed by atoms with E-state index in [1.165, 1.54) is 6.20 Å². The van der Waals surface area contributed by atoms with Crippen molar-refractivity contribution in [1.82, 2.24) is 20.3 Å². The molecule has 15 heavy (non-hydrogen) atoms. The number of carbonyl (C=O) groups excluding carboxylic acids is 1. The number of hydrogen-bond acceptors (Lipinski definition) is 4. The van der Waals surface area contributed by atoms with E-state index in [-0.39, 0.29) is 5.91 Å². The molecule has 0 atom stereocenters. The van der Waals surface area contributed by atoms with Gasteiger partial charge in [-0.2, -0.15) is 15.4 Å². The third-order valence-corrected chi connectivity index (χ3v) is 2.42. The number of nitrogens with one attached hydrogen (secondary N) is 1. The van der Waals surface area contributed by atoms with Gasteiger partial charge in [0.2, 0.25) is 0 Å². The first-order chi connectivity index (χ1) is 7.33. The Hall–Kier alpha value is -1.43. The number of nitrogens with zero attached hydrogens (tertiary/aromatic N) is 3. The molecule has 1 saturated carbocycles. The van der Waals surface area contributed by atoms with Crippen molar-refractivity contribution in [3.8, 4) is 0 Å². The molecule has 1 aromatic heterocycles. The fourth-order valence-corrected chi connectivity index (χ4v) is 1.48. The highest BCUT2D eigenvalue weighted by Gasteiger charge is 2.33. The van der Waals surface area contributed by atoms with Crippen molar-refractivity contribution in [1.29, 1.82) is 0 Å². The van der Waals surface area contributed by atoms with Crippen LogP contribution in [0.15, 0.2) is 6.20 Å². The van der Waals surface area contributed by atoms with Crippen molar-refractivity contribution in [3.63, 3.8) is 0 Å². The molecule has 0 unspecified atom stereocenters. The summed E-state index contributed by atoms with van der Waals surface area (Å²) in [5.41, 5.74) is 0.373. The third-order valence-electron chi connectivity index (χ3n) is 2.42. The predicted molar refractivity (Wildman–Crippen MR) is 52.3 cm³/mol. The summed E-state index contributed by atoms with van der Waals surface area (Å²) < 4.78 is 4.98. The first-order valence-electron chi connectivity index (χ1n) is 4.98. The minimum absolute atomic E-state index is 0.0664. The van der Waals surface area contributed by atoms with Crippen LogP contribution in [0, 0.1) is 0 Å². The average Bonchev–Trinajstić information content (AvgIpc) is 2.94. The fraction of sp³-hybridized carbons (Fsp3) is 0.667. The van der Waals surface area contributed by atoms with E-state index in [1.807, 2.05) is 0 Å². The number of ether oxygens (including phenoxy) is 1. The summed E-state index contributed by atoms with van der Waals surface area (Å²) in [7, 11) is 1.63. The van der Waals surface area contributed by atoms with Crippen molar-refractivity contribution >= 4 is 5.91 Å².